The maximum Gasteiger partial charge on any atom is 0.324 e. The number of para-hydroxylation sites is 1. The first-order chi connectivity index (χ1) is 9.81. The quantitative estimate of drug-likeness (QED) is 0.637. The molecule has 0 radical (unpaired) electrons. The molecule has 1 saturated carbocycles. The SMILES string of the molecule is CSC1(CNS(=O)(=O)c2cccc(F)c2[N+](=O)[O-])CCC1. The normalized spacial score (nSPS) is 17.2. The van der Waals surface area contributed by atoms with Crippen molar-refractivity contribution in [3.8, 4) is 0 Å². The zero-order valence-corrected chi connectivity index (χ0v) is 13.0. The summed E-state index contributed by atoms with van der Waals surface area (Å²) in [5, 5.41) is 10.9. The van der Waals surface area contributed by atoms with Gasteiger partial charge in [-0.15, -0.1) is 0 Å². The molecule has 0 amide bonds. The van der Waals surface area contributed by atoms with Crippen LogP contribution in [0.3, 0.4) is 0 Å². The molecule has 21 heavy (non-hydrogen) atoms. The third kappa shape index (κ3) is 3.19. The number of halogens is 1. The molecule has 9 heteroatoms. The molecule has 1 aromatic rings. The second-order valence-electron chi connectivity index (χ2n) is 4.91. The van der Waals surface area contributed by atoms with Gasteiger partial charge in [0.25, 0.3) is 0 Å². The molecular formula is C12H15FN2O4S2. The molecule has 0 unspecified atom stereocenters. The highest BCUT2D eigenvalue weighted by atomic mass is 32.2. The van der Waals surface area contributed by atoms with E-state index in [-0.39, 0.29) is 11.3 Å². The summed E-state index contributed by atoms with van der Waals surface area (Å²) in [5.74, 6) is -1.16. The van der Waals surface area contributed by atoms with Gasteiger partial charge in [0.15, 0.2) is 4.90 Å². The second kappa shape index (κ2) is 5.90. The van der Waals surface area contributed by atoms with E-state index in [4.69, 9.17) is 0 Å². The van der Waals surface area contributed by atoms with Crippen LogP contribution in [0.1, 0.15) is 19.3 Å². The molecule has 116 valence electrons. The second-order valence-corrected chi connectivity index (χ2v) is 7.92. The summed E-state index contributed by atoms with van der Waals surface area (Å²) >= 11 is 1.57. The number of thioether (sulfide) groups is 1. The minimum atomic E-state index is -4.12. The van der Waals surface area contributed by atoms with Crippen molar-refractivity contribution in [3.63, 3.8) is 0 Å². The van der Waals surface area contributed by atoms with Crippen molar-refractivity contribution in [1.82, 2.24) is 4.72 Å². The summed E-state index contributed by atoms with van der Waals surface area (Å²) in [6.07, 6.45) is 4.71. The van der Waals surface area contributed by atoms with Crippen LogP contribution in [0.15, 0.2) is 23.1 Å². The molecule has 1 aromatic carbocycles. The van der Waals surface area contributed by atoms with Gasteiger partial charge in [0.2, 0.25) is 15.8 Å². The van der Waals surface area contributed by atoms with Crippen LogP contribution in [0.25, 0.3) is 0 Å². The zero-order valence-electron chi connectivity index (χ0n) is 11.3. The largest absolute Gasteiger partial charge is 0.324 e. The first kappa shape index (κ1) is 16.2. The van der Waals surface area contributed by atoms with Gasteiger partial charge in [-0.2, -0.15) is 16.2 Å². The third-order valence-corrected chi connectivity index (χ3v) is 6.56. The average Bonchev–Trinajstić information content (AvgIpc) is 2.37. The summed E-state index contributed by atoms with van der Waals surface area (Å²) < 4.78 is 40.2. The number of nitrogens with one attached hydrogen (secondary N) is 1. The van der Waals surface area contributed by atoms with Crippen LogP contribution in [0, 0.1) is 15.9 Å². The summed E-state index contributed by atoms with van der Waals surface area (Å²) in [6, 6.07) is 3.05. The minimum Gasteiger partial charge on any atom is -0.258 e. The maximum atomic E-state index is 13.5. The molecular weight excluding hydrogens is 319 g/mol. The maximum absolute atomic E-state index is 13.5. The lowest BCUT2D eigenvalue weighted by Crippen LogP contribution is -2.45. The molecule has 1 aliphatic carbocycles. The van der Waals surface area contributed by atoms with Crippen molar-refractivity contribution in [2.75, 3.05) is 12.8 Å². The Morgan fingerprint density at radius 1 is 1.48 bits per heavy atom. The summed E-state index contributed by atoms with van der Waals surface area (Å²) in [7, 11) is -4.12. The van der Waals surface area contributed by atoms with Gasteiger partial charge in [0.1, 0.15) is 0 Å². The topological polar surface area (TPSA) is 89.3 Å². The van der Waals surface area contributed by atoms with E-state index in [1.807, 2.05) is 6.26 Å². The van der Waals surface area contributed by atoms with Gasteiger partial charge in [-0.25, -0.2) is 13.1 Å². The van der Waals surface area contributed by atoms with Crippen molar-refractivity contribution in [2.24, 2.45) is 0 Å². The Morgan fingerprint density at radius 2 is 2.14 bits per heavy atom. The van der Waals surface area contributed by atoms with E-state index >= 15 is 0 Å². The van der Waals surface area contributed by atoms with Gasteiger partial charge < -0.3 is 0 Å². The fourth-order valence-electron chi connectivity index (χ4n) is 2.22. The van der Waals surface area contributed by atoms with Gasteiger partial charge in [0, 0.05) is 11.3 Å². The number of hydrogen-bond donors (Lipinski definition) is 1. The molecule has 1 N–H and O–H groups in total. The highest BCUT2D eigenvalue weighted by Crippen LogP contribution is 2.42. The molecule has 1 fully saturated rings. The summed E-state index contributed by atoms with van der Waals surface area (Å²) in [6.45, 7) is 0.185. The highest BCUT2D eigenvalue weighted by molar-refractivity contribution is 8.00. The van der Waals surface area contributed by atoms with Crippen molar-refractivity contribution in [2.45, 2.75) is 28.9 Å². The highest BCUT2D eigenvalue weighted by Gasteiger charge is 2.38. The third-order valence-electron chi connectivity index (χ3n) is 3.70. The van der Waals surface area contributed by atoms with Gasteiger partial charge in [0.05, 0.1) is 4.92 Å². The van der Waals surface area contributed by atoms with Gasteiger partial charge in [-0.05, 0) is 31.2 Å². The fourth-order valence-corrected chi connectivity index (χ4v) is 4.53. The molecule has 0 aromatic heterocycles. The van der Waals surface area contributed by atoms with E-state index in [2.05, 4.69) is 4.72 Å². The van der Waals surface area contributed by atoms with E-state index in [1.54, 1.807) is 11.8 Å². The lowest BCUT2D eigenvalue weighted by Gasteiger charge is -2.40. The number of sulfonamides is 1. The number of nitro benzene ring substituents is 1. The monoisotopic (exact) mass is 334 g/mol. The Kier molecular flexibility index (Phi) is 4.54. The van der Waals surface area contributed by atoms with E-state index in [9.17, 15) is 22.9 Å². The first-order valence-corrected chi connectivity index (χ1v) is 9.00. The van der Waals surface area contributed by atoms with Crippen LogP contribution in [0.5, 0.6) is 0 Å². The fraction of sp³-hybridized carbons (Fsp3) is 0.500. The number of benzene rings is 1. The molecule has 0 spiro atoms. The van der Waals surface area contributed by atoms with Crippen molar-refractivity contribution < 1.29 is 17.7 Å². The Labute approximate surface area is 126 Å². The first-order valence-electron chi connectivity index (χ1n) is 6.29. The average molecular weight is 334 g/mol. The van der Waals surface area contributed by atoms with Crippen molar-refractivity contribution >= 4 is 27.5 Å². The Hall–Kier alpha value is -1.19. The van der Waals surface area contributed by atoms with E-state index < -0.39 is 31.3 Å². The molecule has 0 bridgehead atoms. The minimum absolute atomic E-state index is 0.158. The lowest BCUT2D eigenvalue weighted by atomic mass is 9.84. The van der Waals surface area contributed by atoms with Crippen LogP contribution >= 0.6 is 11.8 Å². The molecule has 0 aliphatic heterocycles. The zero-order chi connectivity index (χ0) is 15.7. The molecule has 0 heterocycles. The molecule has 0 saturated heterocycles. The number of nitrogens with zero attached hydrogens (tertiary/aromatic N) is 1. The van der Waals surface area contributed by atoms with Crippen LogP contribution < -0.4 is 4.72 Å². The molecule has 6 nitrogen and oxygen atoms in total. The summed E-state index contributed by atoms with van der Waals surface area (Å²) in [5.41, 5.74) is -1.02. The van der Waals surface area contributed by atoms with E-state index in [1.165, 1.54) is 0 Å². The van der Waals surface area contributed by atoms with Crippen LogP contribution in [0.4, 0.5) is 10.1 Å². The molecule has 0 atom stereocenters. The van der Waals surface area contributed by atoms with E-state index in [0.29, 0.717) is 0 Å². The van der Waals surface area contributed by atoms with Gasteiger partial charge >= 0.3 is 5.69 Å². The predicted octanol–water partition coefficient (Wildman–Crippen LogP) is 2.30. The van der Waals surface area contributed by atoms with Crippen LogP contribution in [-0.2, 0) is 10.0 Å². The Morgan fingerprint density at radius 3 is 2.62 bits per heavy atom. The number of rotatable bonds is 6. The Bertz CT molecular complexity index is 654. The van der Waals surface area contributed by atoms with Crippen molar-refractivity contribution in [1.29, 1.82) is 0 Å². The van der Waals surface area contributed by atoms with E-state index in [0.717, 1.165) is 37.5 Å². The lowest BCUT2D eigenvalue weighted by molar-refractivity contribution is -0.390. The van der Waals surface area contributed by atoms with Crippen LogP contribution in [0.2, 0.25) is 0 Å². The number of hydrogen-bond acceptors (Lipinski definition) is 5. The predicted molar refractivity (Wildman–Crippen MR) is 78.3 cm³/mol. The summed E-state index contributed by atoms with van der Waals surface area (Å²) in [4.78, 5) is 9.23. The van der Waals surface area contributed by atoms with Gasteiger partial charge in [-0.1, -0.05) is 12.5 Å². The molecule has 2 rings (SSSR count). The molecule has 1 aliphatic rings. The van der Waals surface area contributed by atoms with Crippen LogP contribution in [-0.4, -0.2) is 30.9 Å². The Balaban J connectivity index is 2.28. The number of nitro groups is 1. The smallest absolute Gasteiger partial charge is 0.258 e. The van der Waals surface area contributed by atoms with Crippen molar-refractivity contribution in [3.05, 3.63) is 34.1 Å². The van der Waals surface area contributed by atoms with Gasteiger partial charge in [-0.3, -0.25) is 10.1 Å². The standard InChI is InChI=1S/C12H15FN2O4S2/c1-20-12(6-3-7-12)8-14-21(18,19)10-5-2-4-9(13)11(10)15(16)17/h2,4-5,14H,3,6-8H2,1H3.